The summed E-state index contributed by atoms with van der Waals surface area (Å²) in [6.45, 7) is 15.4. The predicted octanol–water partition coefficient (Wildman–Crippen LogP) is 1.43. The van der Waals surface area contributed by atoms with Crippen molar-refractivity contribution in [1.29, 1.82) is 0 Å². The molecule has 0 aromatic carbocycles. The normalized spacial score (nSPS) is 31.1. The number of nitrogens with zero attached hydrogens (tertiary/aromatic N) is 4. The molecule has 1 unspecified atom stereocenters. The van der Waals surface area contributed by atoms with E-state index in [1.807, 2.05) is 0 Å². The van der Waals surface area contributed by atoms with Crippen LogP contribution in [-0.4, -0.2) is 98.1 Å². The quantitative estimate of drug-likeness (QED) is 0.762. The molecule has 0 radical (unpaired) electrons. The van der Waals surface area contributed by atoms with Gasteiger partial charge in [-0.15, -0.1) is 0 Å². The molecule has 3 saturated heterocycles. The Morgan fingerprint density at radius 3 is 2.09 bits per heavy atom. The lowest BCUT2D eigenvalue weighted by Crippen LogP contribution is -2.53. The van der Waals surface area contributed by atoms with Crippen molar-refractivity contribution in [2.45, 2.75) is 38.6 Å². The molecule has 22 heavy (non-hydrogen) atoms. The fourth-order valence-electron chi connectivity index (χ4n) is 4.44. The molecule has 3 heterocycles. The zero-order valence-corrected chi connectivity index (χ0v) is 14.8. The average Bonchev–Trinajstić information content (AvgIpc) is 3.02. The minimum Gasteiger partial charge on any atom is -0.306 e. The Hall–Kier alpha value is -0.160. The molecule has 0 bridgehead atoms. The van der Waals surface area contributed by atoms with Crippen molar-refractivity contribution in [3.05, 3.63) is 0 Å². The van der Waals surface area contributed by atoms with E-state index in [1.165, 1.54) is 91.1 Å². The molecule has 128 valence electrons. The van der Waals surface area contributed by atoms with E-state index in [4.69, 9.17) is 0 Å². The Morgan fingerprint density at radius 2 is 1.45 bits per heavy atom. The van der Waals surface area contributed by atoms with Gasteiger partial charge < -0.3 is 9.80 Å². The summed E-state index contributed by atoms with van der Waals surface area (Å²) in [5.41, 5.74) is 0. The van der Waals surface area contributed by atoms with Gasteiger partial charge in [0.25, 0.3) is 0 Å². The van der Waals surface area contributed by atoms with E-state index in [0.717, 1.165) is 12.0 Å². The molecule has 0 amide bonds. The summed E-state index contributed by atoms with van der Waals surface area (Å²) in [5, 5.41) is 0. The highest BCUT2D eigenvalue weighted by molar-refractivity contribution is 4.83. The molecule has 3 aliphatic rings. The number of piperazine rings is 1. The highest BCUT2D eigenvalue weighted by Gasteiger charge is 2.27. The van der Waals surface area contributed by atoms with Crippen molar-refractivity contribution in [2.24, 2.45) is 5.92 Å². The van der Waals surface area contributed by atoms with Crippen molar-refractivity contribution in [2.75, 3.05) is 72.5 Å². The van der Waals surface area contributed by atoms with Crippen LogP contribution in [-0.2, 0) is 0 Å². The van der Waals surface area contributed by atoms with E-state index in [2.05, 4.69) is 33.6 Å². The van der Waals surface area contributed by atoms with Gasteiger partial charge in [-0.3, -0.25) is 9.80 Å². The van der Waals surface area contributed by atoms with Crippen LogP contribution in [0.1, 0.15) is 32.6 Å². The van der Waals surface area contributed by atoms with Crippen molar-refractivity contribution >= 4 is 0 Å². The van der Waals surface area contributed by atoms with Crippen LogP contribution in [0.5, 0.6) is 0 Å². The first-order valence-corrected chi connectivity index (χ1v) is 9.62. The second kappa shape index (κ2) is 8.09. The number of hydrogen-bond donors (Lipinski definition) is 0. The molecular weight excluding hydrogens is 272 g/mol. The van der Waals surface area contributed by atoms with Gasteiger partial charge in [-0.05, 0) is 51.9 Å². The summed E-state index contributed by atoms with van der Waals surface area (Å²) >= 11 is 0. The zero-order chi connectivity index (χ0) is 15.4. The molecule has 0 aliphatic carbocycles. The molecule has 0 aromatic rings. The van der Waals surface area contributed by atoms with Crippen LogP contribution in [0, 0.1) is 5.92 Å². The third-order valence-electron chi connectivity index (χ3n) is 6.29. The molecule has 0 spiro atoms. The first-order chi connectivity index (χ1) is 10.7. The van der Waals surface area contributed by atoms with Crippen LogP contribution in [0.15, 0.2) is 0 Å². The van der Waals surface area contributed by atoms with Crippen LogP contribution in [0.3, 0.4) is 0 Å². The molecule has 0 saturated carbocycles. The van der Waals surface area contributed by atoms with Gasteiger partial charge in [-0.1, -0.05) is 13.3 Å². The SMILES string of the molecule is CCC1CCN(CCN2CCN(C3CCN(C)CC3)CC2)C1. The lowest BCUT2D eigenvalue weighted by atomic mass is 10.0. The van der Waals surface area contributed by atoms with E-state index in [-0.39, 0.29) is 0 Å². The van der Waals surface area contributed by atoms with Crippen LogP contribution >= 0.6 is 0 Å². The van der Waals surface area contributed by atoms with Gasteiger partial charge in [-0.25, -0.2) is 0 Å². The minimum absolute atomic E-state index is 0.863. The predicted molar refractivity (Wildman–Crippen MR) is 93.4 cm³/mol. The smallest absolute Gasteiger partial charge is 0.0121 e. The van der Waals surface area contributed by atoms with Crippen molar-refractivity contribution < 1.29 is 0 Å². The number of piperidine rings is 1. The molecule has 3 rings (SSSR count). The summed E-state index contributed by atoms with van der Waals surface area (Å²) < 4.78 is 0. The van der Waals surface area contributed by atoms with Crippen molar-refractivity contribution in [1.82, 2.24) is 19.6 Å². The Morgan fingerprint density at radius 1 is 0.773 bits per heavy atom. The zero-order valence-electron chi connectivity index (χ0n) is 14.8. The van der Waals surface area contributed by atoms with E-state index < -0.39 is 0 Å². The Bertz CT molecular complexity index is 319. The lowest BCUT2D eigenvalue weighted by molar-refractivity contribution is 0.0612. The highest BCUT2D eigenvalue weighted by atomic mass is 15.3. The maximum atomic E-state index is 2.77. The molecule has 4 nitrogen and oxygen atoms in total. The molecule has 4 heteroatoms. The topological polar surface area (TPSA) is 13.0 Å². The summed E-state index contributed by atoms with van der Waals surface area (Å²) in [4.78, 5) is 10.6. The molecule has 1 atom stereocenters. The van der Waals surface area contributed by atoms with E-state index >= 15 is 0 Å². The van der Waals surface area contributed by atoms with Crippen LogP contribution in [0.4, 0.5) is 0 Å². The second-order valence-corrected chi connectivity index (χ2v) is 7.78. The van der Waals surface area contributed by atoms with E-state index in [1.54, 1.807) is 0 Å². The van der Waals surface area contributed by atoms with Gasteiger partial charge in [0, 0.05) is 51.9 Å². The summed E-state index contributed by atoms with van der Waals surface area (Å²) in [6.07, 6.45) is 5.55. The van der Waals surface area contributed by atoms with Gasteiger partial charge in [0.2, 0.25) is 0 Å². The lowest BCUT2D eigenvalue weighted by Gasteiger charge is -2.42. The first kappa shape index (κ1) is 16.7. The number of hydrogen-bond acceptors (Lipinski definition) is 4. The summed E-state index contributed by atoms with van der Waals surface area (Å²) in [7, 11) is 2.26. The molecule has 0 N–H and O–H groups in total. The van der Waals surface area contributed by atoms with Crippen LogP contribution in [0.25, 0.3) is 0 Å². The van der Waals surface area contributed by atoms with Crippen molar-refractivity contribution in [3.63, 3.8) is 0 Å². The van der Waals surface area contributed by atoms with E-state index in [9.17, 15) is 0 Å². The monoisotopic (exact) mass is 308 g/mol. The number of likely N-dealkylation sites (tertiary alicyclic amines) is 2. The van der Waals surface area contributed by atoms with Crippen LogP contribution in [0.2, 0.25) is 0 Å². The maximum Gasteiger partial charge on any atom is 0.0121 e. The average molecular weight is 309 g/mol. The molecular formula is C18H36N4. The van der Waals surface area contributed by atoms with Gasteiger partial charge in [0.1, 0.15) is 0 Å². The Labute approximate surface area is 137 Å². The third-order valence-corrected chi connectivity index (χ3v) is 6.29. The molecule has 3 aliphatic heterocycles. The van der Waals surface area contributed by atoms with Gasteiger partial charge in [0.15, 0.2) is 0 Å². The molecule has 3 fully saturated rings. The minimum atomic E-state index is 0.863. The third kappa shape index (κ3) is 4.44. The second-order valence-electron chi connectivity index (χ2n) is 7.78. The molecule has 0 aromatic heterocycles. The van der Waals surface area contributed by atoms with Gasteiger partial charge in [0.05, 0.1) is 0 Å². The summed E-state index contributed by atoms with van der Waals surface area (Å²) in [5.74, 6) is 0.973. The van der Waals surface area contributed by atoms with Gasteiger partial charge in [-0.2, -0.15) is 0 Å². The van der Waals surface area contributed by atoms with Gasteiger partial charge >= 0.3 is 0 Å². The van der Waals surface area contributed by atoms with E-state index in [0.29, 0.717) is 0 Å². The Balaban J connectivity index is 1.32. The highest BCUT2D eigenvalue weighted by Crippen LogP contribution is 2.19. The maximum absolute atomic E-state index is 2.77. The van der Waals surface area contributed by atoms with Crippen LogP contribution < -0.4 is 0 Å². The van der Waals surface area contributed by atoms with Crippen molar-refractivity contribution in [3.8, 4) is 0 Å². The largest absolute Gasteiger partial charge is 0.306 e. The standard InChI is InChI=1S/C18H36N4/c1-3-17-4-9-21(16-17)11-10-20-12-14-22(15-13-20)18-5-7-19(2)8-6-18/h17-18H,3-16H2,1-2H3. The number of rotatable bonds is 5. The summed E-state index contributed by atoms with van der Waals surface area (Å²) in [6, 6.07) is 0.863. The fraction of sp³-hybridized carbons (Fsp3) is 1.00. The fourth-order valence-corrected chi connectivity index (χ4v) is 4.44. The Kier molecular flexibility index (Phi) is 6.14. The first-order valence-electron chi connectivity index (χ1n) is 9.62.